The molecule has 2 aromatic carbocycles. The molecule has 4 rings (SSSR count). The van der Waals surface area contributed by atoms with Gasteiger partial charge < -0.3 is 4.98 Å². The number of nitriles is 2. The fraction of sp³-hybridized carbons (Fsp3) is 0.286. The molecule has 7 nitrogen and oxygen atoms in total. The molecule has 0 aliphatic heterocycles. The first-order chi connectivity index (χ1) is 13.6. The molecule has 0 spiro atoms. The summed E-state index contributed by atoms with van der Waals surface area (Å²) >= 11 is 0. The van der Waals surface area contributed by atoms with Crippen molar-refractivity contribution in [1.29, 1.82) is 10.5 Å². The predicted molar refractivity (Wildman–Crippen MR) is 105 cm³/mol. The summed E-state index contributed by atoms with van der Waals surface area (Å²) in [7, 11) is 0. The van der Waals surface area contributed by atoms with Crippen molar-refractivity contribution >= 4 is 22.1 Å². The zero-order chi connectivity index (χ0) is 19.7. The number of aromatic nitrogens is 5. The van der Waals surface area contributed by atoms with Crippen LogP contribution < -0.4 is 0 Å². The van der Waals surface area contributed by atoms with E-state index in [0.717, 1.165) is 40.7 Å². The minimum atomic E-state index is -0.140. The number of benzene rings is 2. The van der Waals surface area contributed by atoms with Crippen molar-refractivity contribution in [3.63, 3.8) is 0 Å². The van der Waals surface area contributed by atoms with E-state index in [0.29, 0.717) is 17.0 Å². The minimum Gasteiger partial charge on any atom is -0.340 e. The Morgan fingerprint density at radius 1 is 1.00 bits per heavy atom. The Labute approximate surface area is 162 Å². The smallest absolute Gasteiger partial charge is 0.132 e. The first kappa shape index (κ1) is 17.7. The molecule has 0 bridgehead atoms. The number of rotatable bonds is 5. The third-order valence-corrected chi connectivity index (χ3v) is 4.86. The Kier molecular flexibility index (Phi) is 4.50. The van der Waals surface area contributed by atoms with Gasteiger partial charge in [-0.05, 0) is 55.2 Å². The number of nitrogens with zero attached hydrogens (tertiary/aromatic N) is 6. The van der Waals surface area contributed by atoms with Crippen LogP contribution in [0.4, 0.5) is 0 Å². The van der Waals surface area contributed by atoms with E-state index in [1.54, 1.807) is 18.2 Å². The molecule has 0 aliphatic rings. The second-order valence-electron chi connectivity index (χ2n) is 7.30. The largest absolute Gasteiger partial charge is 0.340 e. The normalized spacial score (nSPS) is 12.3. The summed E-state index contributed by atoms with van der Waals surface area (Å²) in [4.78, 5) is 8.11. The standard InChI is InChI=1S/C21H19N7/c1-13(2)3-8-19(21-24-16-6-4-14(11-22)9-18(16)25-21)28-20-10-15(12-23)5-7-17(20)26-27-28/h4-7,9-10,13,19H,3,8H2,1-2H3,(H,24,25). The maximum Gasteiger partial charge on any atom is 0.132 e. The van der Waals surface area contributed by atoms with E-state index in [-0.39, 0.29) is 6.04 Å². The zero-order valence-corrected chi connectivity index (χ0v) is 15.7. The van der Waals surface area contributed by atoms with Crippen molar-refractivity contribution in [2.45, 2.75) is 32.7 Å². The van der Waals surface area contributed by atoms with E-state index < -0.39 is 0 Å². The summed E-state index contributed by atoms with van der Waals surface area (Å²) < 4.78 is 1.85. The fourth-order valence-electron chi connectivity index (χ4n) is 3.36. The van der Waals surface area contributed by atoms with Crippen molar-refractivity contribution in [2.75, 3.05) is 0 Å². The van der Waals surface area contributed by atoms with E-state index in [9.17, 15) is 5.26 Å². The summed E-state index contributed by atoms with van der Waals surface area (Å²) in [6.07, 6.45) is 1.82. The van der Waals surface area contributed by atoms with Crippen molar-refractivity contribution in [3.05, 3.63) is 53.3 Å². The van der Waals surface area contributed by atoms with E-state index in [1.807, 2.05) is 22.9 Å². The number of hydrogen-bond acceptors (Lipinski definition) is 5. The molecular formula is C21H19N7. The van der Waals surface area contributed by atoms with Crippen molar-refractivity contribution in [1.82, 2.24) is 25.0 Å². The second kappa shape index (κ2) is 7.13. The van der Waals surface area contributed by atoms with Crippen LogP contribution in [0.25, 0.3) is 22.1 Å². The topological polar surface area (TPSA) is 107 Å². The lowest BCUT2D eigenvalue weighted by Gasteiger charge is -2.17. The van der Waals surface area contributed by atoms with Crippen molar-refractivity contribution in [2.24, 2.45) is 5.92 Å². The van der Waals surface area contributed by atoms with Gasteiger partial charge in [-0.2, -0.15) is 10.5 Å². The summed E-state index contributed by atoms with van der Waals surface area (Å²) in [5.41, 5.74) is 4.35. The van der Waals surface area contributed by atoms with Crippen LogP contribution in [0.1, 0.15) is 49.7 Å². The van der Waals surface area contributed by atoms with Gasteiger partial charge in [-0.1, -0.05) is 19.1 Å². The first-order valence-electron chi connectivity index (χ1n) is 9.24. The fourth-order valence-corrected chi connectivity index (χ4v) is 3.36. The summed E-state index contributed by atoms with van der Waals surface area (Å²) in [5.74, 6) is 1.31. The van der Waals surface area contributed by atoms with E-state index in [2.05, 4.69) is 41.3 Å². The highest BCUT2D eigenvalue weighted by atomic mass is 15.4. The van der Waals surface area contributed by atoms with Crippen molar-refractivity contribution < 1.29 is 0 Å². The summed E-state index contributed by atoms with van der Waals surface area (Å²) in [6, 6.07) is 15.0. The van der Waals surface area contributed by atoms with Gasteiger partial charge >= 0.3 is 0 Å². The van der Waals surface area contributed by atoms with Crippen LogP contribution in [0.2, 0.25) is 0 Å². The quantitative estimate of drug-likeness (QED) is 0.570. The molecule has 2 aromatic heterocycles. The molecule has 0 saturated heterocycles. The Morgan fingerprint density at radius 2 is 1.71 bits per heavy atom. The van der Waals surface area contributed by atoms with Crippen molar-refractivity contribution in [3.8, 4) is 12.1 Å². The average molecular weight is 369 g/mol. The third kappa shape index (κ3) is 3.19. The van der Waals surface area contributed by atoms with Crippen LogP contribution in [-0.2, 0) is 0 Å². The Bertz CT molecular complexity index is 1230. The van der Waals surface area contributed by atoms with E-state index in [4.69, 9.17) is 10.2 Å². The second-order valence-corrected chi connectivity index (χ2v) is 7.30. The lowest BCUT2D eigenvalue weighted by Crippen LogP contribution is -2.15. The van der Waals surface area contributed by atoms with Gasteiger partial charge in [0.05, 0.1) is 39.8 Å². The van der Waals surface area contributed by atoms with Gasteiger partial charge in [-0.3, -0.25) is 0 Å². The van der Waals surface area contributed by atoms with Gasteiger partial charge in [0.15, 0.2) is 0 Å². The van der Waals surface area contributed by atoms with E-state index in [1.165, 1.54) is 0 Å². The van der Waals surface area contributed by atoms with Gasteiger partial charge in [-0.15, -0.1) is 5.10 Å². The molecule has 0 fully saturated rings. The summed E-state index contributed by atoms with van der Waals surface area (Å²) in [6.45, 7) is 4.37. The lowest BCUT2D eigenvalue weighted by molar-refractivity contribution is 0.422. The monoisotopic (exact) mass is 369 g/mol. The van der Waals surface area contributed by atoms with E-state index >= 15 is 0 Å². The molecule has 0 radical (unpaired) electrons. The number of H-pyrrole nitrogens is 1. The zero-order valence-electron chi connectivity index (χ0n) is 15.7. The molecule has 0 aliphatic carbocycles. The van der Waals surface area contributed by atoms with Gasteiger partial charge in [0.1, 0.15) is 17.4 Å². The highest BCUT2D eigenvalue weighted by Gasteiger charge is 2.22. The molecule has 4 aromatic rings. The molecule has 1 N–H and O–H groups in total. The van der Waals surface area contributed by atoms with Gasteiger partial charge in [-0.25, -0.2) is 9.67 Å². The molecule has 0 amide bonds. The highest BCUT2D eigenvalue weighted by Crippen LogP contribution is 2.28. The minimum absolute atomic E-state index is 0.140. The molecular weight excluding hydrogens is 350 g/mol. The molecule has 0 saturated carbocycles. The number of aromatic amines is 1. The highest BCUT2D eigenvalue weighted by molar-refractivity contribution is 5.78. The number of fused-ring (bicyclic) bond motifs is 2. The maximum absolute atomic E-state index is 9.26. The Hall–Kier alpha value is -3.71. The Morgan fingerprint density at radius 3 is 2.43 bits per heavy atom. The average Bonchev–Trinajstić information content (AvgIpc) is 3.31. The van der Waals surface area contributed by atoms with Crippen LogP contribution in [0, 0.1) is 28.6 Å². The molecule has 138 valence electrons. The Balaban J connectivity index is 1.84. The number of nitrogens with one attached hydrogen (secondary N) is 1. The molecule has 2 heterocycles. The van der Waals surface area contributed by atoms with Crippen LogP contribution in [0.15, 0.2) is 36.4 Å². The molecule has 28 heavy (non-hydrogen) atoms. The SMILES string of the molecule is CC(C)CCC(c1nc2ccc(C#N)cc2[nH]1)n1nnc2ccc(C#N)cc21. The van der Waals surface area contributed by atoms with Gasteiger partial charge in [0.25, 0.3) is 0 Å². The molecule has 1 unspecified atom stereocenters. The number of imidazole rings is 1. The molecule has 7 heteroatoms. The third-order valence-electron chi connectivity index (χ3n) is 4.86. The van der Waals surface area contributed by atoms with Gasteiger partial charge in [0.2, 0.25) is 0 Å². The van der Waals surface area contributed by atoms with Crippen LogP contribution in [0.5, 0.6) is 0 Å². The predicted octanol–water partition coefficient (Wildman–Crippen LogP) is 4.08. The maximum atomic E-state index is 9.26. The molecule has 1 atom stereocenters. The van der Waals surface area contributed by atoms with Crippen LogP contribution >= 0.6 is 0 Å². The first-order valence-corrected chi connectivity index (χ1v) is 9.24. The van der Waals surface area contributed by atoms with Gasteiger partial charge in [0, 0.05) is 0 Å². The lowest BCUT2D eigenvalue weighted by atomic mass is 10.0. The number of hydrogen-bond donors (Lipinski definition) is 1. The summed E-state index contributed by atoms with van der Waals surface area (Å²) in [5, 5.41) is 27.0. The van der Waals surface area contributed by atoms with Crippen LogP contribution in [-0.4, -0.2) is 25.0 Å². The van der Waals surface area contributed by atoms with Crippen LogP contribution in [0.3, 0.4) is 0 Å².